The van der Waals surface area contributed by atoms with Gasteiger partial charge in [0.25, 0.3) is 5.56 Å². The highest BCUT2D eigenvalue weighted by Crippen LogP contribution is 2.70. The molecule has 18 heavy (non-hydrogen) atoms. The number of aromatic nitrogens is 2. The zero-order chi connectivity index (χ0) is 13.3. The number of fused-ring (bicyclic) bond motifs is 1. The molecule has 0 amide bonds. The molecular weight excluding hydrogens is 269 g/mol. The zero-order valence-electron chi connectivity index (χ0n) is 10.7. The first-order valence-corrected chi connectivity index (χ1v) is 8.92. The van der Waals surface area contributed by atoms with E-state index in [2.05, 4.69) is 4.98 Å². The summed E-state index contributed by atoms with van der Waals surface area (Å²) in [7, 11) is 0. The van der Waals surface area contributed by atoms with Gasteiger partial charge in [0.15, 0.2) is 5.16 Å². The Morgan fingerprint density at radius 2 is 2.11 bits per heavy atom. The summed E-state index contributed by atoms with van der Waals surface area (Å²) in [6.45, 7) is 4.58. The zero-order valence-corrected chi connectivity index (χ0v) is 12.4. The van der Waals surface area contributed by atoms with Gasteiger partial charge in [0.05, 0.1) is 0 Å². The Labute approximate surface area is 110 Å². The van der Waals surface area contributed by atoms with Crippen molar-refractivity contribution in [1.82, 2.24) is 14.2 Å². The molecule has 1 atom stereocenters. The first-order valence-electron chi connectivity index (χ1n) is 5.84. The van der Waals surface area contributed by atoms with Crippen molar-refractivity contribution >= 4 is 24.1 Å². The van der Waals surface area contributed by atoms with Gasteiger partial charge >= 0.3 is 0 Å². The molecule has 0 spiro atoms. The van der Waals surface area contributed by atoms with Gasteiger partial charge in [-0.2, -0.15) is 4.98 Å². The molecule has 1 aliphatic heterocycles. The minimum absolute atomic E-state index is 0.298. The molecule has 0 saturated heterocycles. The van der Waals surface area contributed by atoms with Gasteiger partial charge in [-0.15, -0.1) is 0 Å². The fourth-order valence-corrected chi connectivity index (χ4v) is 6.86. The summed E-state index contributed by atoms with van der Waals surface area (Å²) in [5.74, 6) is 0. The van der Waals surface area contributed by atoms with Gasteiger partial charge in [-0.25, -0.2) is 4.67 Å². The van der Waals surface area contributed by atoms with E-state index in [1.165, 1.54) is 17.4 Å². The lowest BCUT2D eigenvalue weighted by atomic mass is 10.6. The van der Waals surface area contributed by atoms with Gasteiger partial charge in [0, 0.05) is 36.9 Å². The molecule has 2 rings (SSSR count). The first kappa shape index (κ1) is 13.6. The summed E-state index contributed by atoms with van der Waals surface area (Å²) in [6.07, 6.45) is 3.46. The number of hydrogen-bond donors (Lipinski definition) is 0. The topological polar surface area (TPSA) is 55.2 Å². The predicted molar refractivity (Wildman–Crippen MR) is 74.8 cm³/mol. The molecule has 0 fully saturated rings. The van der Waals surface area contributed by atoms with Crippen molar-refractivity contribution in [3.8, 4) is 0 Å². The van der Waals surface area contributed by atoms with Crippen molar-refractivity contribution in [1.29, 1.82) is 0 Å². The third-order valence-electron chi connectivity index (χ3n) is 2.88. The Bertz CT molecular complexity index is 592. The molecule has 1 aliphatic rings. The van der Waals surface area contributed by atoms with Crippen LogP contribution in [0.2, 0.25) is 0 Å². The lowest BCUT2D eigenvalue weighted by Crippen LogP contribution is -2.21. The molecule has 0 radical (unpaired) electrons. The van der Waals surface area contributed by atoms with Crippen molar-refractivity contribution in [2.45, 2.75) is 25.9 Å². The van der Waals surface area contributed by atoms with Crippen LogP contribution in [-0.2, 0) is 4.57 Å². The van der Waals surface area contributed by atoms with Gasteiger partial charge in [-0.3, -0.25) is 9.36 Å². The van der Waals surface area contributed by atoms with E-state index in [1.54, 1.807) is 17.0 Å². The molecule has 1 aromatic heterocycles. The first-order chi connectivity index (χ1) is 8.51. The van der Waals surface area contributed by atoms with E-state index in [0.29, 0.717) is 18.2 Å². The normalized spacial score (nSPS) is 22.8. The van der Waals surface area contributed by atoms with Crippen LogP contribution in [0.5, 0.6) is 0 Å². The SMILES string of the molecule is CCN(CC)P1(=O)Sc2nc(=O)ccn2C=C1C. The molecule has 2 heterocycles. The summed E-state index contributed by atoms with van der Waals surface area (Å²) >= 11 is 1.20. The molecular formula is C11H16N3O2PS. The Morgan fingerprint density at radius 1 is 1.44 bits per heavy atom. The Balaban J connectivity index is 2.52. The summed E-state index contributed by atoms with van der Waals surface area (Å²) in [6, 6.07) is 1.40. The quantitative estimate of drug-likeness (QED) is 0.631. The summed E-state index contributed by atoms with van der Waals surface area (Å²) in [4.78, 5) is 15.2. The largest absolute Gasteiger partial charge is 0.302 e. The van der Waals surface area contributed by atoms with Crippen LogP contribution in [0.4, 0.5) is 0 Å². The summed E-state index contributed by atoms with van der Waals surface area (Å²) in [5, 5.41) is 1.33. The molecule has 0 N–H and O–H groups in total. The molecule has 7 heteroatoms. The van der Waals surface area contributed by atoms with Gasteiger partial charge in [0.1, 0.15) is 0 Å². The van der Waals surface area contributed by atoms with E-state index in [1.807, 2.05) is 25.4 Å². The molecule has 1 aromatic rings. The monoisotopic (exact) mass is 285 g/mol. The molecule has 0 bridgehead atoms. The smallest absolute Gasteiger partial charge is 0.273 e. The van der Waals surface area contributed by atoms with Crippen molar-refractivity contribution in [3.05, 3.63) is 27.9 Å². The fourth-order valence-electron chi connectivity index (χ4n) is 1.90. The third kappa shape index (κ3) is 2.20. The van der Waals surface area contributed by atoms with E-state index in [0.717, 1.165) is 5.31 Å². The van der Waals surface area contributed by atoms with Crippen LogP contribution in [0, 0.1) is 0 Å². The molecule has 0 aliphatic carbocycles. The maximum atomic E-state index is 13.1. The van der Waals surface area contributed by atoms with Crippen LogP contribution in [0.25, 0.3) is 6.20 Å². The van der Waals surface area contributed by atoms with E-state index < -0.39 is 6.49 Å². The maximum Gasteiger partial charge on any atom is 0.273 e. The third-order valence-corrected chi connectivity index (χ3v) is 8.70. The van der Waals surface area contributed by atoms with Crippen LogP contribution in [0.15, 0.2) is 27.5 Å². The highest BCUT2D eigenvalue weighted by molar-refractivity contribution is 8.58. The Morgan fingerprint density at radius 3 is 2.72 bits per heavy atom. The molecule has 0 aromatic carbocycles. The highest BCUT2D eigenvalue weighted by Gasteiger charge is 2.36. The Hall–Kier alpha value is -0.840. The van der Waals surface area contributed by atoms with Crippen molar-refractivity contribution < 1.29 is 4.57 Å². The Kier molecular flexibility index (Phi) is 3.80. The van der Waals surface area contributed by atoms with Crippen LogP contribution in [0.3, 0.4) is 0 Å². The molecule has 5 nitrogen and oxygen atoms in total. The predicted octanol–water partition coefficient (Wildman–Crippen LogP) is 2.70. The van der Waals surface area contributed by atoms with E-state index >= 15 is 0 Å². The molecule has 1 unspecified atom stereocenters. The summed E-state index contributed by atoms with van der Waals surface area (Å²) in [5.41, 5.74) is -0.298. The fraction of sp³-hybridized carbons (Fsp3) is 0.455. The molecule has 0 saturated carbocycles. The number of hydrogen-bond acceptors (Lipinski definition) is 4. The van der Waals surface area contributed by atoms with Crippen LogP contribution in [-0.4, -0.2) is 27.3 Å². The minimum Gasteiger partial charge on any atom is -0.302 e. The highest BCUT2D eigenvalue weighted by atomic mass is 32.7. The maximum absolute atomic E-state index is 13.1. The van der Waals surface area contributed by atoms with E-state index in [4.69, 9.17) is 0 Å². The summed E-state index contributed by atoms with van der Waals surface area (Å²) < 4.78 is 16.8. The van der Waals surface area contributed by atoms with Crippen LogP contribution < -0.4 is 5.56 Å². The second kappa shape index (κ2) is 5.03. The second-order valence-electron chi connectivity index (χ2n) is 3.98. The van der Waals surface area contributed by atoms with E-state index in [-0.39, 0.29) is 5.56 Å². The second-order valence-corrected chi connectivity index (χ2v) is 8.87. The van der Waals surface area contributed by atoms with Gasteiger partial charge in [-0.05, 0) is 18.3 Å². The van der Waals surface area contributed by atoms with Crippen molar-refractivity contribution in [3.63, 3.8) is 0 Å². The van der Waals surface area contributed by atoms with Crippen molar-refractivity contribution in [2.24, 2.45) is 0 Å². The van der Waals surface area contributed by atoms with Gasteiger partial charge < -0.3 is 4.57 Å². The molecule has 98 valence electrons. The van der Waals surface area contributed by atoms with E-state index in [9.17, 15) is 9.36 Å². The van der Waals surface area contributed by atoms with Gasteiger partial charge in [0.2, 0.25) is 6.49 Å². The van der Waals surface area contributed by atoms with Crippen LogP contribution >= 0.6 is 17.9 Å². The number of nitrogens with zero attached hydrogens (tertiary/aromatic N) is 3. The van der Waals surface area contributed by atoms with Gasteiger partial charge in [-0.1, -0.05) is 13.8 Å². The number of allylic oxidation sites excluding steroid dienone is 1. The minimum atomic E-state index is -2.68. The lowest BCUT2D eigenvalue weighted by molar-refractivity contribution is 0.460. The van der Waals surface area contributed by atoms with Crippen LogP contribution in [0.1, 0.15) is 20.8 Å². The lowest BCUT2D eigenvalue weighted by Gasteiger charge is -2.32. The van der Waals surface area contributed by atoms with Crippen molar-refractivity contribution in [2.75, 3.05) is 13.1 Å². The average molecular weight is 285 g/mol. The number of rotatable bonds is 3. The average Bonchev–Trinajstić information content (AvgIpc) is 2.32. The standard InChI is InChI=1S/C11H16N3O2PS/c1-4-14(5-2)17(16)9(3)8-13-7-6-10(15)12-11(13)18-17/h6-8H,4-5H2,1-3H3.